The molecule has 1 N–H and O–H groups in total. The van der Waals surface area contributed by atoms with Crippen LogP contribution in [-0.2, 0) is 4.74 Å². The highest BCUT2D eigenvalue weighted by Gasteiger charge is 2.63. The second-order valence-electron chi connectivity index (χ2n) is 9.84. The third-order valence-corrected chi connectivity index (χ3v) is 7.33. The zero-order valence-corrected chi connectivity index (χ0v) is 17.9. The van der Waals surface area contributed by atoms with Crippen LogP contribution in [0.2, 0.25) is 0 Å². The van der Waals surface area contributed by atoms with Crippen LogP contribution in [0.5, 0.6) is 0 Å². The summed E-state index contributed by atoms with van der Waals surface area (Å²) in [6.45, 7) is 16.3. The number of aryl methyl sites for hydroxylation is 1. The molecular formula is C22H33N3O3. The molecule has 2 aliphatic heterocycles. The number of hydrogen-bond acceptors (Lipinski definition) is 4. The molecule has 1 aromatic rings. The van der Waals surface area contributed by atoms with E-state index in [1.807, 2.05) is 18.7 Å². The molecule has 2 saturated heterocycles. The van der Waals surface area contributed by atoms with Gasteiger partial charge >= 0.3 is 0 Å². The van der Waals surface area contributed by atoms with Gasteiger partial charge in [0.05, 0.1) is 24.5 Å². The first-order valence-corrected chi connectivity index (χ1v) is 10.4. The number of carbonyl (C=O) groups excluding carboxylic acids is 2. The number of Topliss-reactive ketones (excluding diaryl/α,β-unsaturated/α-hetero) is 1. The van der Waals surface area contributed by atoms with Crippen molar-refractivity contribution in [3.8, 4) is 0 Å². The smallest absolute Gasteiger partial charge is 0.255 e. The van der Waals surface area contributed by atoms with E-state index >= 15 is 0 Å². The van der Waals surface area contributed by atoms with E-state index in [0.29, 0.717) is 17.2 Å². The number of amides is 1. The van der Waals surface area contributed by atoms with Crippen LogP contribution in [0.25, 0.3) is 0 Å². The number of rotatable bonds is 4. The molecule has 3 heterocycles. The largest absolute Gasteiger partial charge is 0.379 e. The molecule has 154 valence electrons. The van der Waals surface area contributed by atoms with Crippen LogP contribution in [0.15, 0.2) is 0 Å². The molecule has 0 bridgehead atoms. The molecule has 0 aromatic carbocycles. The van der Waals surface area contributed by atoms with Gasteiger partial charge in [0.1, 0.15) is 0 Å². The summed E-state index contributed by atoms with van der Waals surface area (Å²) >= 11 is 0. The number of carbonyl (C=O) groups is 2. The van der Waals surface area contributed by atoms with Crippen LogP contribution in [0.1, 0.15) is 59.3 Å². The Morgan fingerprint density at radius 2 is 1.89 bits per heavy atom. The first-order valence-electron chi connectivity index (χ1n) is 10.4. The van der Waals surface area contributed by atoms with E-state index in [2.05, 4.69) is 23.7 Å². The van der Waals surface area contributed by atoms with Crippen molar-refractivity contribution in [2.24, 2.45) is 16.7 Å². The van der Waals surface area contributed by atoms with Gasteiger partial charge in [-0.15, -0.1) is 0 Å². The van der Waals surface area contributed by atoms with E-state index in [1.165, 1.54) is 0 Å². The highest BCUT2D eigenvalue weighted by atomic mass is 16.5. The van der Waals surface area contributed by atoms with Crippen LogP contribution in [-0.4, -0.2) is 72.4 Å². The number of aromatic amines is 1. The molecule has 4 rings (SSSR count). The minimum Gasteiger partial charge on any atom is -0.379 e. The maximum absolute atomic E-state index is 13.4. The normalized spacial score (nSPS) is 29.5. The van der Waals surface area contributed by atoms with Crippen LogP contribution in [0.3, 0.4) is 0 Å². The Hall–Kier alpha value is -1.66. The van der Waals surface area contributed by atoms with Crippen molar-refractivity contribution in [2.75, 3.05) is 45.9 Å². The number of aromatic nitrogens is 1. The van der Waals surface area contributed by atoms with Gasteiger partial charge in [-0.3, -0.25) is 14.5 Å². The molecule has 1 aromatic heterocycles. The zero-order chi connectivity index (χ0) is 20.3. The highest BCUT2D eigenvalue weighted by molar-refractivity contribution is 6.02. The Morgan fingerprint density at radius 1 is 1.21 bits per heavy atom. The van der Waals surface area contributed by atoms with Gasteiger partial charge in [-0.05, 0) is 37.2 Å². The first-order chi connectivity index (χ1) is 13.1. The van der Waals surface area contributed by atoms with Crippen molar-refractivity contribution in [3.63, 3.8) is 0 Å². The molecule has 6 nitrogen and oxygen atoms in total. The molecule has 2 atom stereocenters. The Bertz CT molecular complexity index is 806. The summed E-state index contributed by atoms with van der Waals surface area (Å²) in [7, 11) is 0. The van der Waals surface area contributed by atoms with Crippen LogP contribution in [0.4, 0.5) is 0 Å². The lowest BCUT2D eigenvalue weighted by Crippen LogP contribution is -2.59. The second-order valence-corrected chi connectivity index (χ2v) is 9.84. The van der Waals surface area contributed by atoms with E-state index in [0.717, 1.165) is 63.6 Å². The van der Waals surface area contributed by atoms with Crippen LogP contribution in [0, 0.1) is 30.6 Å². The number of nitrogens with one attached hydrogen (secondary N) is 1. The van der Waals surface area contributed by atoms with Gasteiger partial charge in [0.15, 0.2) is 5.78 Å². The number of hydrogen-bond donors (Lipinski definition) is 1. The lowest BCUT2D eigenvalue weighted by molar-refractivity contribution is -0.0966. The summed E-state index contributed by atoms with van der Waals surface area (Å²) in [5.74, 6) is 0.579. The molecule has 3 fully saturated rings. The number of likely N-dealkylation sites (tertiary alicyclic amines) is 1. The molecule has 1 saturated carbocycles. The fraction of sp³-hybridized carbons (Fsp3) is 0.727. The fourth-order valence-corrected chi connectivity index (χ4v) is 6.28. The molecule has 0 unspecified atom stereocenters. The molecule has 3 aliphatic rings. The number of fused-ring (bicyclic) bond motifs is 1. The maximum Gasteiger partial charge on any atom is 0.255 e. The fourth-order valence-electron chi connectivity index (χ4n) is 6.28. The summed E-state index contributed by atoms with van der Waals surface area (Å²) in [6.07, 6.45) is 1.16. The minimum atomic E-state index is -0.0222. The zero-order valence-electron chi connectivity index (χ0n) is 17.9. The van der Waals surface area contributed by atoms with Gasteiger partial charge in [-0.25, -0.2) is 0 Å². The van der Waals surface area contributed by atoms with Crippen molar-refractivity contribution < 1.29 is 14.3 Å². The monoisotopic (exact) mass is 387 g/mol. The Kier molecular flexibility index (Phi) is 4.70. The lowest BCUT2D eigenvalue weighted by Gasteiger charge is -2.58. The van der Waals surface area contributed by atoms with Gasteiger partial charge in [0.2, 0.25) is 0 Å². The molecule has 1 amide bonds. The minimum absolute atomic E-state index is 0.0222. The maximum atomic E-state index is 13.4. The predicted molar refractivity (Wildman–Crippen MR) is 108 cm³/mol. The van der Waals surface area contributed by atoms with Crippen molar-refractivity contribution in [2.45, 2.75) is 41.0 Å². The average Bonchev–Trinajstić information content (AvgIpc) is 3.10. The Labute approximate surface area is 167 Å². The Balaban J connectivity index is 1.57. The van der Waals surface area contributed by atoms with Gasteiger partial charge in [-0.1, -0.05) is 13.8 Å². The van der Waals surface area contributed by atoms with E-state index in [1.54, 1.807) is 6.92 Å². The average molecular weight is 388 g/mol. The number of ether oxygens (including phenoxy) is 1. The van der Waals surface area contributed by atoms with Crippen LogP contribution < -0.4 is 0 Å². The Morgan fingerprint density at radius 3 is 2.46 bits per heavy atom. The van der Waals surface area contributed by atoms with Crippen molar-refractivity contribution in [3.05, 3.63) is 22.5 Å². The summed E-state index contributed by atoms with van der Waals surface area (Å²) < 4.78 is 5.51. The van der Waals surface area contributed by atoms with Gasteiger partial charge in [0, 0.05) is 50.8 Å². The van der Waals surface area contributed by atoms with Crippen molar-refractivity contribution in [1.82, 2.24) is 14.8 Å². The lowest BCUT2D eigenvalue weighted by atomic mass is 9.48. The summed E-state index contributed by atoms with van der Waals surface area (Å²) in [4.78, 5) is 33.0. The molecule has 0 spiro atoms. The standard InChI is InChI=1S/C22H33N3O3/c1-14-18(15(2)23-19(14)16(3)26)20(27)25-10-17-21(4,5)11-22(17,13-25)12-24-6-8-28-9-7-24/h17,23H,6-13H2,1-5H3/t17-,22+/m1/s1. The number of ketones is 1. The number of nitrogens with zero attached hydrogens (tertiary/aromatic N) is 2. The summed E-state index contributed by atoms with van der Waals surface area (Å²) in [5, 5.41) is 0. The van der Waals surface area contributed by atoms with E-state index in [9.17, 15) is 9.59 Å². The number of H-pyrrole nitrogens is 1. The molecule has 0 radical (unpaired) electrons. The summed E-state index contributed by atoms with van der Waals surface area (Å²) in [6, 6.07) is 0. The quantitative estimate of drug-likeness (QED) is 0.807. The first kappa shape index (κ1) is 19.6. The van der Waals surface area contributed by atoms with E-state index < -0.39 is 0 Å². The topological polar surface area (TPSA) is 65.6 Å². The van der Waals surface area contributed by atoms with Crippen LogP contribution >= 0.6 is 0 Å². The van der Waals surface area contributed by atoms with Gasteiger partial charge in [-0.2, -0.15) is 0 Å². The molecule has 1 aliphatic carbocycles. The molecular weight excluding hydrogens is 354 g/mol. The predicted octanol–water partition coefficient (Wildman–Crippen LogP) is 2.65. The summed E-state index contributed by atoms with van der Waals surface area (Å²) in [5.41, 5.74) is 3.30. The molecule has 28 heavy (non-hydrogen) atoms. The third-order valence-electron chi connectivity index (χ3n) is 7.33. The highest BCUT2D eigenvalue weighted by Crippen LogP contribution is 2.63. The molecule has 6 heteroatoms. The van der Waals surface area contributed by atoms with Crippen molar-refractivity contribution in [1.29, 1.82) is 0 Å². The second kappa shape index (κ2) is 6.70. The number of morpholine rings is 1. The van der Waals surface area contributed by atoms with Gasteiger partial charge < -0.3 is 14.6 Å². The van der Waals surface area contributed by atoms with Gasteiger partial charge in [0.25, 0.3) is 5.91 Å². The SMILES string of the molecule is CC(=O)c1[nH]c(C)c(C(=O)N2C[C@@H]3C(C)(C)C[C@]3(CN3CCOCC3)C2)c1C. The van der Waals surface area contributed by atoms with Crippen molar-refractivity contribution >= 4 is 11.7 Å². The van der Waals surface area contributed by atoms with E-state index in [-0.39, 0.29) is 22.5 Å². The third kappa shape index (κ3) is 3.01. The van der Waals surface area contributed by atoms with E-state index in [4.69, 9.17) is 4.74 Å².